The summed E-state index contributed by atoms with van der Waals surface area (Å²) in [5.74, 6) is -0.0488. The molecule has 0 aliphatic carbocycles. The first kappa shape index (κ1) is 10.5. The summed E-state index contributed by atoms with van der Waals surface area (Å²) in [6.45, 7) is 0.123. The van der Waals surface area contributed by atoms with Crippen molar-refractivity contribution >= 4 is 31.4 Å². The van der Waals surface area contributed by atoms with Crippen molar-refractivity contribution in [1.29, 1.82) is 0 Å². The van der Waals surface area contributed by atoms with Crippen molar-refractivity contribution in [3.05, 3.63) is 24.3 Å². The van der Waals surface area contributed by atoms with Crippen LogP contribution >= 0.6 is 11.3 Å². The third-order valence-electron chi connectivity index (χ3n) is 1.93. The van der Waals surface area contributed by atoms with Crippen LogP contribution in [-0.2, 0) is 9.84 Å². The zero-order chi connectivity index (χ0) is 10.9. The monoisotopic (exact) mass is 242 g/mol. The maximum Gasteiger partial charge on any atom is 0.210 e. The van der Waals surface area contributed by atoms with Crippen LogP contribution in [0.1, 0.15) is 0 Å². The Labute approximate surface area is 91.7 Å². The summed E-state index contributed by atoms with van der Waals surface area (Å²) in [4.78, 5) is 4.08. The maximum atomic E-state index is 11.7. The molecule has 80 valence electrons. The first-order valence-corrected chi connectivity index (χ1v) is 6.89. The quantitative estimate of drug-likeness (QED) is 0.872. The van der Waals surface area contributed by atoms with Crippen molar-refractivity contribution < 1.29 is 8.42 Å². The molecule has 0 radical (unpaired) electrons. The molecule has 0 spiro atoms. The summed E-state index contributed by atoms with van der Waals surface area (Å²) in [5.41, 5.74) is 5.96. The molecule has 6 heteroatoms. The van der Waals surface area contributed by atoms with E-state index in [1.54, 1.807) is 6.07 Å². The molecule has 2 rings (SSSR count). The molecule has 0 amide bonds. The number of aromatic nitrogens is 1. The lowest BCUT2D eigenvalue weighted by molar-refractivity contribution is 0.595. The number of nitrogens with zero attached hydrogens (tertiary/aromatic N) is 1. The van der Waals surface area contributed by atoms with Crippen LogP contribution in [-0.4, -0.2) is 25.7 Å². The van der Waals surface area contributed by atoms with Crippen LogP contribution < -0.4 is 5.73 Å². The van der Waals surface area contributed by atoms with Crippen LogP contribution in [0.25, 0.3) is 10.2 Å². The molecule has 4 nitrogen and oxygen atoms in total. The van der Waals surface area contributed by atoms with Crippen molar-refractivity contribution in [2.45, 2.75) is 4.34 Å². The number of para-hydroxylation sites is 1. The van der Waals surface area contributed by atoms with Gasteiger partial charge in [0.05, 0.1) is 16.0 Å². The largest absolute Gasteiger partial charge is 0.329 e. The first-order chi connectivity index (χ1) is 7.13. The lowest BCUT2D eigenvalue weighted by atomic mass is 10.3. The highest BCUT2D eigenvalue weighted by Gasteiger charge is 2.18. The minimum atomic E-state index is -3.29. The average molecular weight is 242 g/mol. The highest BCUT2D eigenvalue weighted by molar-refractivity contribution is 7.93. The van der Waals surface area contributed by atoms with E-state index in [1.807, 2.05) is 18.2 Å². The molecule has 1 heterocycles. The van der Waals surface area contributed by atoms with Gasteiger partial charge in [0.25, 0.3) is 0 Å². The van der Waals surface area contributed by atoms with E-state index in [0.717, 1.165) is 10.2 Å². The molecule has 0 aliphatic heterocycles. The van der Waals surface area contributed by atoms with E-state index in [2.05, 4.69) is 4.98 Å². The van der Waals surface area contributed by atoms with Crippen molar-refractivity contribution in [2.24, 2.45) is 5.73 Å². The number of hydrogen-bond donors (Lipinski definition) is 1. The number of sulfone groups is 1. The maximum absolute atomic E-state index is 11.7. The molecule has 0 atom stereocenters. The van der Waals surface area contributed by atoms with Gasteiger partial charge in [0.15, 0.2) is 0 Å². The number of thiazole rings is 1. The van der Waals surface area contributed by atoms with Gasteiger partial charge in [-0.2, -0.15) is 0 Å². The number of benzene rings is 1. The lowest BCUT2D eigenvalue weighted by Crippen LogP contribution is -2.15. The summed E-state index contributed by atoms with van der Waals surface area (Å²) in [5, 5.41) is 0. The van der Waals surface area contributed by atoms with Crippen LogP contribution in [0.5, 0.6) is 0 Å². The van der Waals surface area contributed by atoms with E-state index in [9.17, 15) is 8.42 Å². The minimum absolute atomic E-state index is 0.0488. The molecule has 0 saturated carbocycles. The van der Waals surface area contributed by atoms with Gasteiger partial charge >= 0.3 is 0 Å². The van der Waals surface area contributed by atoms with Crippen LogP contribution in [0, 0.1) is 0 Å². The molecule has 0 fully saturated rings. The summed E-state index contributed by atoms with van der Waals surface area (Å²) in [7, 11) is -3.29. The topological polar surface area (TPSA) is 73.1 Å². The van der Waals surface area contributed by atoms with Crippen molar-refractivity contribution in [3.63, 3.8) is 0 Å². The molecule has 0 bridgehead atoms. The van der Waals surface area contributed by atoms with E-state index in [0.29, 0.717) is 0 Å². The number of fused-ring (bicyclic) bond motifs is 1. The summed E-state index contributed by atoms with van der Waals surface area (Å²) >= 11 is 1.19. The smallest absolute Gasteiger partial charge is 0.210 e. The molecule has 1 aromatic carbocycles. The third kappa shape index (κ3) is 2.01. The van der Waals surface area contributed by atoms with Crippen molar-refractivity contribution in [2.75, 3.05) is 12.3 Å². The average Bonchev–Trinajstić information content (AvgIpc) is 2.61. The normalized spacial score (nSPS) is 12.1. The Bertz CT molecular complexity index is 542. The Morgan fingerprint density at radius 3 is 2.73 bits per heavy atom. The zero-order valence-electron chi connectivity index (χ0n) is 7.88. The molecular formula is C9H10N2O2S2. The van der Waals surface area contributed by atoms with E-state index < -0.39 is 9.84 Å². The molecule has 1 aromatic heterocycles. The Hall–Kier alpha value is -0.980. The van der Waals surface area contributed by atoms with Gasteiger partial charge in [-0.15, -0.1) is 11.3 Å². The zero-order valence-corrected chi connectivity index (χ0v) is 9.51. The standard InChI is InChI=1S/C9H10N2O2S2/c10-5-6-15(12,13)9-11-7-3-1-2-4-8(7)14-9/h1-4H,5-6,10H2. The fourth-order valence-corrected chi connectivity index (χ4v) is 3.67. The Kier molecular flexibility index (Phi) is 2.72. The second-order valence-corrected chi connectivity index (χ2v) is 6.37. The van der Waals surface area contributed by atoms with E-state index >= 15 is 0 Å². The predicted molar refractivity (Wildman–Crippen MR) is 60.7 cm³/mol. The number of nitrogens with two attached hydrogens (primary N) is 1. The molecule has 2 N–H and O–H groups in total. The highest BCUT2D eigenvalue weighted by Crippen LogP contribution is 2.25. The number of hydrogen-bond acceptors (Lipinski definition) is 5. The van der Waals surface area contributed by atoms with Crippen LogP contribution in [0.4, 0.5) is 0 Å². The lowest BCUT2D eigenvalue weighted by Gasteiger charge is -1.95. The number of rotatable bonds is 3. The molecular weight excluding hydrogens is 232 g/mol. The Morgan fingerprint density at radius 2 is 2.07 bits per heavy atom. The fraction of sp³-hybridized carbons (Fsp3) is 0.222. The fourth-order valence-electron chi connectivity index (χ4n) is 1.23. The van der Waals surface area contributed by atoms with Gasteiger partial charge in [0, 0.05) is 6.54 Å². The second kappa shape index (κ2) is 3.88. The molecule has 2 aromatic rings. The summed E-state index contributed by atoms with van der Waals surface area (Å²) in [6, 6.07) is 7.35. The highest BCUT2D eigenvalue weighted by atomic mass is 32.2. The summed E-state index contributed by atoms with van der Waals surface area (Å²) in [6.07, 6.45) is 0. The second-order valence-electron chi connectivity index (χ2n) is 3.06. The van der Waals surface area contributed by atoms with Crippen LogP contribution in [0.15, 0.2) is 28.6 Å². The van der Waals surface area contributed by atoms with Gasteiger partial charge in [-0.3, -0.25) is 0 Å². The van der Waals surface area contributed by atoms with Gasteiger partial charge < -0.3 is 5.73 Å². The van der Waals surface area contributed by atoms with Gasteiger partial charge in [-0.1, -0.05) is 12.1 Å². The van der Waals surface area contributed by atoms with Gasteiger partial charge in [-0.25, -0.2) is 13.4 Å². The SMILES string of the molecule is NCCS(=O)(=O)c1nc2ccccc2s1. The minimum Gasteiger partial charge on any atom is -0.329 e. The van der Waals surface area contributed by atoms with Crippen LogP contribution in [0.3, 0.4) is 0 Å². The Balaban J connectivity index is 2.54. The molecule has 0 aliphatic rings. The van der Waals surface area contributed by atoms with E-state index in [1.165, 1.54) is 11.3 Å². The molecule has 15 heavy (non-hydrogen) atoms. The van der Waals surface area contributed by atoms with E-state index in [4.69, 9.17) is 5.73 Å². The Morgan fingerprint density at radius 1 is 1.33 bits per heavy atom. The van der Waals surface area contributed by atoms with Gasteiger partial charge in [0.2, 0.25) is 14.2 Å². The molecule has 0 saturated heterocycles. The third-order valence-corrected chi connectivity index (χ3v) is 5.17. The van der Waals surface area contributed by atoms with Crippen LogP contribution in [0.2, 0.25) is 0 Å². The van der Waals surface area contributed by atoms with Gasteiger partial charge in [0.1, 0.15) is 0 Å². The van der Waals surface area contributed by atoms with Crippen molar-refractivity contribution in [3.8, 4) is 0 Å². The van der Waals surface area contributed by atoms with Gasteiger partial charge in [-0.05, 0) is 12.1 Å². The predicted octanol–water partition coefficient (Wildman–Crippen LogP) is 1.03. The van der Waals surface area contributed by atoms with Crippen molar-refractivity contribution in [1.82, 2.24) is 4.98 Å². The summed E-state index contributed by atoms with van der Waals surface area (Å²) < 4.78 is 24.4. The van der Waals surface area contributed by atoms with E-state index in [-0.39, 0.29) is 16.6 Å². The first-order valence-electron chi connectivity index (χ1n) is 4.42. The molecule has 0 unspecified atom stereocenters.